The van der Waals surface area contributed by atoms with Crippen LogP contribution >= 0.6 is 0 Å². The van der Waals surface area contributed by atoms with Crippen LogP contribution in [0.5, 0.6) is 5.75 Å². The van der Waals surface area contributed by atoms with Crippen molar-refractivity contribution in [1.29, 1.82) is 0 Å². The number of methoxy groups -OCH3 is 1. The molecule has 4 nitrogen and oxygen atoms in total. The molecule has 0 spiro atoms. The summed E-state index contributed by atoms with van der Waals surface area (Å²) in [5, 5.41) is 2.62. The van der Waals surface area contributed by atoms with Crippen molar-refractivity contribution in [3.63, 3.8) is 0 Å². The van der Waals surface area contributed by atoms with E-state index in [-0.39, 0.29) is 0 Å². The van der Waals surface area contributed by atoms with E-state index in [1.165, 1.54) is 10.4 Å². The van der Waals surface area contributed by atoms with Crippen LogP contribution in [0.1, 0.15) is 0 Å². The molecule has 0 fully saturated rings. The molecule has 0 aromatic carbocycles. The Balaban J connectivity index is 0.000000122. The number of aromatic nitrogens is 2. The number of rotatable bonds is 2. The lowest BCUT2D eigenvalue weighted by atomic mass is 10.1. The summed E-state index contributed by atoms with van der Waals surface area (Å²) in [6, 6.07) is 9.93. The summed E-state index contributed by atoms with van der Waals surface area (Å²) in [5.74, 6) is 1.64. The van der Waals surface area contributed by atoms with Crippen molar-refractivity contribution in [2.45, 2.75) is 0 Å². The number of ether oxygens (including phenoxy) is 1. The molecular weight excluding hydrogens is 240 g/mol. The van der Waals surface area contributed by atoms with E-state index in [2.05, 4.69) is 22.1 Å². The van der Waals surface area contributed by atoms with E-state index in [9.17, 15) is 0 Å². The fourth-order valence-corrected chi connectivity index (χ4v) is 1.78. The number of pyridine rings is 1. The molecule has 0 amide bonds. The van der Waals surface area contributed by atoms with Crippen LogP contribution in [0.25, 0.3) is 11.5 Å². The van der Waals surface area contributed by atoms with Gasteiger partial charge in [0.2, 0.25) is 5.89 Å². The Morgan fingerprint density at radius 2 is 2.11 bits per heavy atom. The van der Waals surface area contributed by atoms with Gasteiger partial charge in [-0.1, -0.05) is 12.1 Å². The monoisotopic (exact) mass is 252 g/mol. The van der Waals surface area contributed by atoms with Gasteiger partial charge in [-0.25, -0.2) is 4.98 Å². The molecule has 4 heteroatoms. The fourth-order valence-electron chi connectivity index (χ4n) is 1.78. The average Bonchev–Trinajstić information content (AvgIpc) is 2.98. The van der Waals surface area contributed by atoms with Gasteiger partial charge in [0, 0.05) is 17.6 Å². The number of hydrogen-bond acceptors (Lipinski definition) is 4. The lowest BCUT2D eigenvalue weighted by Gasteiger charge is -2.08. The van der Waals surface area contributed by atoms with Crippen molar-refractivity contribution in [1.82, 2.24) is 9.97 Å². The minimum atomic E-state index is 0.609. The molecule has 94 valence electrons. The molecule has 0 bridgehead atoms. The van der Waals surface area contributed by atoms with Crippen LogP contribution in [0.15, 0.2) is 59.6 Å². The third-order valence-electron chi connectivity index (χ3n) is 2.85. The molecule has 19 heavy (non-hydrogen) atoms. The summed E-state index contributed by atoms with van der Waals surface area (Å²) < 4.78 is 10.0. The third kappa shape index (κ3) is 2.20. The van der Waals surface area contributed by atoms with Crippen LogP contribution in [-0.2, 0) is 0 Å². The molecule has 2 heterocycles. The van der Waals surface area contributed by atoms with Gasteiger partial charge >= 0.3 is 0 Å². The van der Waals surface area contributed by atoms with Gasteiger partial charge in [0.25, 0.3) is 0 Å². The van der Waals surface area contributed by atoms with Crippen LogP contribution in [0, 0.1) is 10.4 Å². The van der Waals surface area contributed by atoms with E-state index in [0.717, 1.165) is 11.3 Å². The highest BCUT2D eigenvalue weighted by molar-refractivity contribution is 5.50. The Hall–Kier alpha value is -2.62. The van der Waals surface area contributed by atoms with Crippen LogP contribution in [0.2, 0.25) is 0 Å². The molecule has 0 saturated carbocycles. The number of hydrogen-bond donors (Lipinski definition) is 0. The van der Waals surface area contributed by atoms with Crippen molar-refractivity contribution in [2.75, 3.05) is 7.11 Å². The highest BCUT2D eigenvalue weighted by Gasteiger charge is 2.03. The predicted molar refractivity (Wildman–Crippen MR) is 70.4 cm³/mol. The maximum atomic E-state index is 5.07. The molecule has 4 rings (SSSR count). The van der Waals surface area contributed by atoms with Crippen LogP contribution in [0.4, 0.5) is 0 Å². The smallest absolute Gasteiger partial charge is 0.227 e. The lowest BCUT2D eigenvalue weighted by molar-refractivity contribution is 0.407. The van der Waals surface area contributed by atoms with Crippen molar-refractivity contribution in [3.8, 4) is 17.2 Å². The molecule has 2 aromatic heterocycles. The largest absolute Gasteiger partial charge is 0.496 e. The molecule has 2 aliphatic rings. The maximum Gasteiger partial charge on any atom is 0.227 e. The molecule has 0 aliphatic heterocycles. The summed E-state index contributed by atoms with van der Waals surface area (Å²) in [6.07, 6.45) is 6.59. The quantitative estimate of drug-likeness (QED) is 0.550. The van der Waals surface area contributed by atoms with Crippen molar-refractivity contribution in [2.24, 2.45) is 0 Å². The van der Waals surface area contributed by atoms with Gasteiger partial charge in [-0.15, -0.1) is 0 Å². The van der Waals surface area contributed by atoms with Gasteiger partial charge in [-0.3, -0.25) is 4.98 Å². The van der Waals surface area contributed by atoms with E-state index in [1.54, 1.807) is 32.0 Å². The molecule has 0 atom stereocenters. The zero-order valence-corrected chi connectivity index (χ0v) is 10.4. The Morgan fingerprint density at radius 1 is 1.16 bits per heavy atom. The normalized spacial score (nSPS) is 10.4. The standard InChI is InChI=1S/C8H6N2O.C7H6O/c1-2-7(6-9-3-1)8-10-4-5-11-8;1-8-7-4-5-2-3-6(5)7/h1-6H;2-4H,1H3. The summed E-state index contributed by atoms with van der Waals surface area (Å²) >= 11 is 0. The SMILES string of the molecule is COc1cc2ccc1=2.c1cncc(-c2ncco2)c1. The minimum Gasteiger partial charge on any atom is -0.496 e. The Labute approximate surface area is 110 Å². The van der Waals surface area contributed by atoms with E-state index < -0.39 is 0 Å². The first kappa shape index (κ1) is 11.5. The number of oxazole rings is 1. The zero-order chi connectivity index (χ0) is 13.1. The van der Waals surface area contributed by atoms with E-state index in [4.69, 9.17) is 9.15 Å². The van der Waals surface area contributed by atoms with Gasteiger partial charge < -0.3 is 9.15 Å². The fraction of sp³-hybridized carbons (Fsp3) is 0.0667. The molecule has 2 aliphatic carbocycles. The second kappa shape index (κ2) is 4.94. The van der Waals surface area contributed by atoms with Crippen molar-refractivity contribution in [3.05, 3.63) is 65.6 Å². The molecular formula is C15H12N2O2. The van der Waals surface area contributed by atoms with Crippen LogP contribution < -0.4 is 4.74 Å². The molecule has 0 saturated heterocycles. The van der Waals surface area contributed by atoms with Crippen molar-refractivity contribution >= 4 is 0 Å². The van der Waals surface area contributed by atoms with Crippen LogP contribution in [-0.4, -0.2) is 17.1 Å². The topological polar surface area (TPSA) is 48.2 Å². The lowest BCUT2D eigenvalue weighted by Crippen LogP contribution is -1.92. The number of nitrogens with zero attached hydrogens (tertiary/aromatic N) is 2. The highest BCUT2D eigenvalue weighted by Crippen LogP contribution is 2.22. The van der Waals surface area contributed by atoms with Gasteiger partial charge in [-0.2, -0.15) is 0 Å². The zero-order valence-electron chi connectivity index (χ0n) is 10.4. The van der Waals surface area contributed by atoms with Gasteiger partial charge in [0.05, 0.1) is 18.9 Å². The molecule has 0 unspecified atom stereocenters. The maximum absolute atomic E-state index is 5.07. The molecule has 2 aromatic rings. The van der Waals surface area contributed by atoms with Gasteiger partial charge in [0.15, 0.2) is 0 Å². The second-order valence-electron chi connectivity index (χ2n) is 3.99. The van der Waals surface area contributed by atoms with Crippen LogP contribution in [0.3, 0.4) is 0 Å². The Kier molecular flexibility index (Phi) is 2.98. The van der Waals surface area contributed by atoms with Gasteiger partial charge in [0.1, 0.15) is 12.0 Å². The Bertz CT molecular complexity index is 753. The predicted octanol–water partition coefficient (Wildman–Crippen LogP) is 3.03. The molecule has 0 N–H and O–H groups in total. The first-order valence-corrected chi connectivity index (χ1v) is 5.87. The second-order valence-corrected chi connectivity index (χ2v) is 3.99. The van der Waals surface area contributed by atoms with Gasteiger partial charge in [-0.05, 0) is 23.4 Å². The highest BCUT2D eigenvalue weighted by atomic mass is 16.5. The van der Waals surface area contributed by atoms with E-state index in [0.29, 0.717) is 5.89 Å². The average molecular weight is 252 g/mol. The Morgan fingerprint density at radius 3 is 2.53 bits per heavy atom. The van der Waals surface area contributed by atoms with E-state index in [1.807, 2.05) is 18.2 Å². The minimum absolute atomic E-state index is 0.609. The first-order chi connectivity index (χ1) is 9.38. The first-order valence-electron chi connectivity index (χ1n) is 5.87. The summed E-state index contributed by atoms with van der Waals surface area (Å²) in [6.45, 7) is 0. The molecule has 0 radical (unpaired) electrons. The third-order valence-corrected chi connectivity index (χ3v) is 2.85. The summed E-state index contributed by atoms with van der Waals surface area (Å²) in [5.41, 5.74) is 0.900. The van der Waals surface area contributed by atoms with Crippen molar-refractivity contribution < 1.29 is 9.15 Å². The van der Waals surface area contributed by atoms with E-state index >= 15 is 0 Å². The summed E-state index contributed by atoms with van der Waals surface area (Å²) in [4.78, 5) is 7.92. The number of benzene rings is 1. The summed E-state index contributed by atoms with van der Waals surface area (Å²) in [7, 11) is 1.70.